The minimum absolute atomic E-state index is 0. The van der Waals surface area contributed by atoms with Crippen LogP contribution in [0.2, 0.25) is 0 Å². The molecule has 0 saturated heterocycles. The van der Waals surface area contributed by atoms with Gasteiger partial charge in [0.1, 0.15) is 0 Å². The molecule has 5 aromatic rings. The number of hydrogen-bond acceptors (Lipinski definition) is 4. The van der Waals surface area contributed by atoms with Gasteiger partial charge in [-0.25, -0.2) is 0 Å². The van der Waals surface area contributed by atoms with Gasteiger partial charge >= 0.3 is 6.85 Å². The zero-order valence-corrected chi connectivity index (χ0v) is 22.7. The maximum absolute atomic E-state index is 4.62. The summed E-state index contributed by atoms with van der Waals surface area (Å²) in [5, 5.41) is 0. The number of fused-ring (bicyclic) bond motifs is 11. The average molecular weight is 592 g/mol. The smallest absolute Gasteiger partial charge is 0.324 e. The van der Waals surface area contributed by atoms with Crippen LogP contribution in [-0.4, -0.2) is 23.8 Å². The molecular formula is C33H22BN4Pd-3. The largest absolute Gasteiger partial charge is 0.510 e. The van der Waals surface area contributed by atoms with Crippen LogP contribution < -0.4 is 20.6 Å². The van der Waals surface area contributed by atoms with Gasteiger partial charge in [-0.1, -0.05) is 99.7 Å². The number of anilines is 3. The summed E-state index contributed by atoms with van der Waals surface area (Å²) in [7, 11) is 2.03. The van der Waals surface area contributed by atoms with Crippen LogP contribution in [0.25, 0.3) is 33.5 Å². The van der Waals surface area contributed by atoms with Gasteiger partial charge in [0.2, 0.25) is 0 Å². The molecule has 4 heterocycles. The molecule has 1 aromatic heterocycles. The van der Waals surface area contributed by atoms with E-state index in [1.807, 2.05) is 42.5 Å². The summed E-state index contributed by atoms with van der Waals surface area (Å²) >= 11 is 0. The molecule has 0 spiro atoms. The molecular weight excluding hydrogens is 570 g/mol. The minimum atomic E-state index is 0. The van der Waals surface area contributed by atoms with Gasteiger partial charge in [0, 0.05) is 26.6 Å². The Morgan fingerprint density at radius 2 is 1.36 bits per heavy atom. The van der Waals surface area contributed by atoms with Gasteiger partial charge in [-0.05, 0) is 31.2 Å². The van der Waals surface area contributed by atoms with Crippen molar-refractivity contribution in [3.05, 3.63) is 128 Å². The number of nitrogens with zero attached hydrogens (tertiary/aromatic N) is 4. The molecule has 0 bridgehead atoms. The summed E-state index contributed by atoms with van der Waals surface area (Å²) in [5.41, 5.74) is 12.5. The van der Waals surface area contributed by atoms with Gasteiger partial charge in [0.05, 0.1) is 0 Å². The van der Waals surface area contributed by atoms with E-state index in [0.29, 0.717) is 0 Å². The van der Waals surface area contributed by atoms with Crippen LogP contribution in [0, 0.1) is 18.8 Å². The predicted octanol–water partition coefficient (Wildman–Crippen LogP) is 5.59. The second kappa shape index (κ2) is 9.27. The van der Waals surface area contributed by atoms with Crippen molar-refractivity contribution >= 4 is 34.8 Å². The van der Waals surface area contributed by atoms with E-state index in [-0.39, 0.29) is 27.3 Å². The molecule has 6 heteroatoms. The Labute approximate surface area is 243 Å². The topological polar surface area (TPSA) is 22.6 Å². The summed E-state index contributed by atoms with van der Waals surface area (Å²) < 4.78 is 0. The average Bonchev–Trinajstić information content (AvgIpc) is 3.43. The predicted molar refractivity (Wildman–Crippen MR) is 156 cm³/mol. The number of rotatable bonds is 2. The molecule has 190 valence electrons. The maximum atomic E-state index is 4.62. The summed E-state index contributed by atoms with van der Waals surface area (Å²) in [4.78, 5) is 11.2. The van der Waals surface area contributed by atoms with Gasteiger partial charge in [-0.3, -0.25) is 0 Å². The molecule has 0 atom stereocenters. The van der Waals surface area contributed by atoms with E-state index < -0.39 is 0 Å². The van der Waals surface area contributed by atoms with Crippen LogP contribution in [0.4, 0.5) is 17.1 Å². The third-order valence-electron chi connectivity index (χ3n) is 7.65. The molecule has 0 unspecified atom stereocenters. The summed E-state index contributed by atoms with van der Waals surface area (Å²) in [6.07, 6.45) is 5.95. The Kier molecular flexibility index (Phi) is 5.70. The van der Waals surface area contributed by atoms with Crippen molar-refractivity contribution in [3.8, 4) is 33.5 Å². The number of pyridine rings is 1. The van der Waals surface area contributed by atoms with Crippen molar-refractivity contribution in [1.29, 1.82) is 0 Å². The third-order valence-corrected chi connectivity index (χ3v) is 7.65. The number of aromatic nitrogens is 1. The van der Waals surface area contributed by atoms with Crippen molar-refractivity contribution in [3.63, 3.8) is 0 Å². The van der Waals surface area contributed by atoms with Gasteiger partial charge in [-0.15, -0.1) is 47.1 Å². The third kappa shape index (κ3) is 3.67. The molecule has 0 N–H and O–H groups in total. The Morgan fingerprint density at radius 1 is 0.692 bits per heavy atom. The Hall–Kier alpha value is -4.10. The SMILES string of the molecule is CN1C=CN(c2[c-]c3c(cc2)-c2ccccc2B2c4ccccc4-c4ccc(-c5ccccn5)[c-]c4N23)[CH-]1.[Pd]. The molecule has 0 radical (unpaired) electrons. The molecule has 0 fully saturated rings. The standard InChI is InChI=1S/C33H22BN4.Pd/c1-36-18-19-37(22-36)24-14-16-28-26-9-3-5-11-30(26)34-29-10-4-2-8-25(29)27-15-13-23(31-12-6-7-17-35-31)20-32(27)38(34)33(28)21-24;/h2-19,22H,1H3;/q-3;. The fourth-order valence-corrected chi connectivity index (χ4v) is 5.96. The van der Waals surface area contributed by atoms with Gasteiger partial charge in [0.15, 0.2) is 0 Å². The first-order valence-corrected chi connectivity index (χ1v) is 12.8. The monoisotopic (exact) mass is 591 g/mol. The Bertz CT molecular complexity index is 1750. The fourth-order valence-electron chi connectivity index (χ4n) is 5.96. The van der Waals surface area contributed by atoms with E-state index in [4.69, 9.17) is 0 Å². The summed E-state index contributed by atoms with van der Waals surface area (Å²) in [6.45, 7) is 2.09. The molecule has 0 saturated carbocycles. The number of benzene rings is 4. The molecule has 39 heavy (non-hydrogen) atoms. The molecule has 3 aliphatic heterocycles. The van der Waals surface area contributed by atoms with E-state index >= 15 is 0 Å². The van der Waals surface area contributed by atoms with E-state index in [9.17, 15) is 0 Å². The molecule has 0 aliphatic carbocycles. The van der Waals surface area contributed by atoms with Crippen LogP contribution in [-0.2, 0) is 20.4 Å². The zero-order chi connectivity index (χ0) is 25.2. The number of hydrogen-bond donors (Lipinski definition) is 0. The fraction of sp³-hybridized carbons (Fsp3) is 0.0303. The van der Waals surface area contributed by atoms with E-state index in [1.165, 1.54) is 33.2 Å². The van der Waals surface area contributed by atoms with Crippen molar-refractivity contribution in [2.45, 2.75) is 0 Å². The van der Waals surface area contributed by atoms with Crippen LogP contribution in [0.3, 0.4) is 0 Å². The van der Waals surface area contributed by atoms with Crippen LogP contribution in [0.15, 0.2) is 110 Å². The van der Waals surface area contributed by atoms with Crippen molar-refractivity contribution in [2.24, 2.45) is 0 Å². The summed E-state index contributed by atoms with van der Waals surface area (Å²) in [6, 6.07) is 39.9. The van der Waals surface area contributed by atoms with E-state index in [2.05, 4.69) is 112 Å². The van der Waals surface area contributed by atoms with Crippen LogP contribution in [0.1, 0.15) is 0 Å². The van der Waals surface area contributed by atoms with Gasteiger partial charge in [0.25, 0.3) is 0 Å². The molecule has 8 rings (SSSR count). The normalized spacial score (nSPS) is 14.2. The van der Waals surface area contributed by atoms with Crippen molar-refractivity contribution < 1.29 is 20.4 Å². The first-order chi connectivity index (χ1) is 18.8. The second-order valence-electron chi connectivity index (χ2n) is 9.89. The van der Waals surface area contributed by atoms with Crippen molar-refractivity contribution in [1.82, 2.24) is 9.88 Å². The van der Waals surface area contributed by atoms with Gasteiger partial charge < -0.3 is 19.6 Å². The van der Waals surface area contributed by atoms with E-state index in [0.717, 1.165) is 28.3 Å². The Morgan fingerprint density at radius 3 is 2.03 bits per heavy atom. The molecule has 0 amide bonds. The molecule has 4 nitrogen and oxygen atoms in total. The molecule has 3 aliphatic rings. The first kappa shape index (κ1) is 24.0. The second-order valence-corrected chi connectivity index (χ2v) is 9.89. The quantitative estimate of drug-likeness (QED) is 0.197. The van der Waals surface area contributed by atoms with Gasteiger partial charge in [-0.2, -0.15) is 12.7 Å². The van der Waals surface area contributed by atoms with Crippen molar-refractivity contribution in [2.75, 3.05) is 16.8 Å². The zero-order valence-electron chi connectivity index (χ0n) is 21.2. The first-order valence-electron chi connectivity index (χ1n) is 12.8. The van der Waals surface area contributed by atoms with Crippen LogP contribution >= 0.6 is 0 Å². The maximum Gasteiger partial charge on any atom is 0.324 e. The van der Waals surface area contributed by atoms with E-state index in [1.54, 1.807) is 0 Å². The van der Waals surface area contributed by atoms with Crippen LogP contribution in [0.5, 0.6) is 0 Å². The summed E-state index contributed by atoms with van der Waals surface area (Å²) in [5.74, 6) is 0. The molecule has 4 aromatic carbocycles. The minimum Gasteiger partial charge on any atom is -0.510 e. The Balaban J connectivity index is 0.00000253.